The molecule has 0 aliphatic rings. The van der Waals surface area contributed by atoms with Crippen molar-refractivity contribution in [2.75, 3.05) is 39.6 Å². The summed E-state index contributed by atoms with van der Waals surface area (Å²) in [5.74, 6) is 0. The number of ether oxygens (including phenoxy) is 3. The third-order valence-corrected chi connectivity index (χ3v) is 2.34. The van der Waals surface area contributed by atoms with Gasteiger partial charge in [-0.3, -0.25) is 0 Å². The van der Waals surface area contributed by atoms with Gasteiger partial charge in [0.05, 0.1) is 46.2 Å². The second kappa shape index (κ2) is 10.9. The van der Waals surface area contributed by atoms with Gasteiger partial charge in [0.1, 0.15) is 6.10 Å². The average molecular weight is 270 g/mol. The van der Waals surface area contributed by atoms with Crippen molar-refractivity contribution in [1.29, 1.82) is 0 Å². The van der Waals surface area contributed by atoms with Crippen molar-refractivity contribution < 1.29 is 24.4 Å². The predicted octanol–water partition coefficient (Wildman–Crippen LogP) is 0.590. The Hall–Kier alpha value is -0.980. The number of rotatable bonds is 11. The first-order chi connectivity index (χ1) is 9.33. The van der Waals surface area contributed by atoms with Gasteiger partial charge in [0, 0.05) is 0 Å². The first-order valence-electron chi connectivity index (χ1n) is 6.39. The number of benzene rings is 1. The summed E-state index contributed by atoms with van der Waals surface area (Å²) >= 11 is 0. The third-order valence-electron chi connectivity index (χ3n) is 2.34. The van der Waals surface area contributed by atoms with Crippen LogP contribution in [0.3, 0.4) is 0 Å². The van der Waals surface area contributed by atoms with E-state index in [1.54, 1.807) is 0 Å². The fourth-order valence-electron chi connectivity index (χ4n) is 1.44. The van der Waals surface area contributed by atoms with Gasteiger partial charge in [-0.2, -0.15) is 0 Å². The van der Waals surface area contributed by atoms with E-state index >= 15 is 0 Å². The van der Waals surface area contributed by atoms with Gasteiger partial charge in [0.15, 0.2) is 0 Å². The van der Waals surface area contributed by atoms with Crippen LogP contribution in [0, 0.1) is 0 Å². The van der Waals surface area contributed by atoms with E-state index < -0.39 is 6.10 Å². The fourth-order valence-corrected chi connectivity index (χ4v) is 1.44. The molecule has 0 fully saturated rings. The van der Waals surface area contributed by atoms with Crippen LogP contribution in [-0.4, -0.2) is 56.0 Å². The predicted molar refractivity (Wildman–Crippen MR) is 70.8 cm³/mol. The molecule has 0 amide bonds. The minimum Gasteiger partial charge on any atom is -0.394 e. The summed E-state index contributed by atoms with van der Waals surface area (Å²) in [6.07, 6.45) is -0.637. The Balaban J connectivity index is 1.94. The van der Waals surface area contributed by atoms with Crippen LogP contribution in [-0.2, 0) is 20.8 Å². The van der Waals surface area contributed by atoms with E-state index in [1.807, 2.05) is 30.3 Å². The summed E-state index contributed by atoms with van der Waals surface area (Å²) in [6, 6.07) is 9.79. The molecule has 0 spiro atoms. The summed E-state index contributed by atoms with van der Waals surface area (Å²) in [7, 11) is 0. The zero-order chi connectivity index (χ0) is 13.8. The highest BCUT2D eigenvalue weighted by Gasteiger charge is 2.04. The Bertz CT molecular complexity index is 304. The zero-order valence-corrected chi connectivity index (χ0v) is 11.0. The molecular formula is C14H22O5. The lowest BCUT2D eigenvalue weighted by Crippen LogP contribution is -2.23. The highest BCUT2D eigenvalue weighted by atomic mass is 16.5. The maximum atomic E-state index is 9.60. The van der Waals surface area contributed by atoms with Crippen molar-refractivity contribution in [1.82, 2.24) is 0 Å². The van der Waals surface area contributed by atoms with Gasteiger partial charge in [-0.05, 0) is 5.56 Å². The maximum absolute atomic E-state index is 9.60. The molecule has 0 aliphatic heterocycles. The smallest absolute Gasteiger partial charge is 0.101 e. The van der Waals surface area contributed by atoms with Gasteiger partial charge in [-0.15, -0.1) is 0 Å². The van der Waals surface area contributed by atoms with E-state index in [4.69, 9.17) is 19.3 Å². The quantitative estimate of drug-likeness (QED) is 0.576. The normalized spacial score (nSPS) is 12.5. The van der Waals surface area contributed by atoms with E-state index in [2.05, 4.69) is 0 Å². The molecule has 0 unspecified atom stereocenters. The molecule has 0 bridgehead atoms. The number of hydrogen-bond acceptors (Lipinski definition) is 5. The third kappa shape index (κ3) is 8.69. The number of aliphatic hydroxyl groups excluding tert-OH is 2. The second-order valence-electron chi connectivity index (χ2n) is 4.07. The van der Waals surface area contributed by atoms with Gasteiger partial charge in [0.2, 0.25) is 0 Å². The van der Waals surface area contributed by atoms with Gasteiger partial charge in [-0.1, -0.05) is 30.3 Å². The molecule has 0 aliphatic carbocycles. The number of hydrogen-bond donors (Lipinski definition) is 2. The SMILES string of the molecule is OCCOCCOC[C@H](O)COCc1ccccc1. The van der Waals surface area contributed by atoms with E-state index in [1.165, 1.54) is 0 Å². The molecule has 1 aromatic rings. The first kappa shape index (κ1) is 16.1. The van der Waals surface area contributed by atoms with Crippen LogP contribution in [0.1, 0.15) is 5.56 Å². The van der Waals surface area contributed by atoms with Gasteiger partial charge in [0.25, 0.3) is 0 Å². The Morgan fingerprint density at radius 2 is 1.58 bits per heavy atom. The van der Waals surface area contributed by atoms with E-state index in [9.17, 15) is 5.11 Å². The van der Waals surface area contributed by atoms with Gasteiger partial charge >= 0.3 is 0 Å². The minimum absolute atomic E-state index is 0.00987. The molecule has 1 aromatic carbocycles. The average Bonchev–Trinajstić information content (AvgIpc) is 2.44. The lowest BCUT2D eigenvalue weighted by Gasteiger charge is -2.12. The van der Waals surface area contributed by atoms with Crippen molar-refractivity contribution in [3.05, 3.63) is 35.9 Å². The van der Waals surface area contributed by atoms with Crippen molar-refractivity contribution in [2.45, 2.75) is 12.7 Å². The molecule has 0 radical (unpaired) electrons. The van der Waals surface area contributed by atoms with Crippen molar-refractivity contribution in [3.8, 4) is 0 Å². The summed E-state index contributed by atoms with van der Waals surface area (Å²) in [5, 5.41) is 18.1. The highest BCUT2D eigenvalue weighted by molar-refractivity contribution is 5.13. The maximum Gasteiger partial charge on any atom is 0.101 e. The molecule has 5 nitrogen and oxygen atoms in total. The van der Waals surface area contributed by atoms with Crippen LogP contribution >= 0.6 is 0 Å². The molecule has 0 saturated heterocycles. The molecule has 5 heteroatoms. The highest BCUT2D eigenvalue weighted by Crippen LogP contribution is 2.01. The molecular weight excluding hydrogens is 248 g/mol. The van der Waals surface area contributed by atoms with Gasteiger partial charge < -0.3 is 24.4 Å². The van der Waals surface area contributed by atoms with E-state index in [0.717, 1.165) is 5.56 Å². The summed E-state index contributed by atoms with van der Waals surface area (Å²) in [5.41, 5.74) is 1.08. The van der Waals surface area contributed by atoms with Crippen LogP contribution in [0.15, 0.2) is 30.3 Å². The minimum atomic E-state index is -0.637. The van der Waals surface area contributed by atoms with Crippen LogP contribution in [0.5, 0.6) is 0 Å². The van der Waals surface area contributed by atoms with Crippen LogP contribution < -0.4 is 0 Å². The molecule has 0 heterocycles. The molecule has 108 valence electrons. The topological polar surface area (TPSA) is 68.2 Å². The van der Waals surface area contributed by atoms with Crippen LogP contribution in [0.25, 0.3) is 0 Å². The molecule has 0 aromatic heterocycles. The fraction of sp³-hybridized carbons (Fsp3) is 0.571. The zero-order valence-electron chi connectivity index (χ0n) is 11.0. The van der Waals surface area contributed by atoms with E-state index in [0.29, 0.717) is 26.4 Å². The Morgan fingerprint density at radius 1 is 0.895 bits per heavy atom. The summed E-state index contributed by atoms with van der Waals surface area (Å²) in [6.45, 7) is 2.08. The Morgan fingerprint density at radius 3 is 2.32 bits per heavy atom. The number of aliphatic hydroxyl groups is 2. The van der Waals surface area contributed by atoms with E-state index in [-0.39, 0.29) is 19.8 Å². The molecule has 1 atom stereocenters. The Labute approximate surface area is 113 Å². The lowest BCUT2D eigenvalue weighted by molar-refractivity contribution is -0.0372. The van der Waals surface area contributed by atoms with Crippen molar-refractivity contribution >= 4 is 0 Å². The standard InChI is InChI=1S/C14H22O5/c15-6-7-17-8-9-18-11-14(16)12-19-10-13-4-2-1-3-5-13/h1-5,14-16H,6-12H2/t14-/m0/s1. The largest absolute Gasteiger partial charge is 0.394 e. The molecule has 19 heavy (non-hydrogen) atoms. The monoisotopic (exact) mass is 270 g/mol. The summed E-state index contributed by atoms with van der Waals surface area (Å²) < 4.78 is 15.6. The summed E-state index contributed by atoms with van der Waals surface area (Å²) in [4.78, 5) is 0. The lowest BCUT2D eigenvalue weighted by atomic mass is 10.2. The van der Waals surface area contributed by atoms with Gasteiger partial charge in [-0.25, -0.2) is 0 Å². The Kier molecular flexibility index (Phi) is 9.22. The van der Waals surface area contributed by atoms with Crippen molar-refractivity contribution in [2.24, 2.45) is 0 Å². The van der Waals surface area contributed by atoms with Crippen LogP contribution in [0.4, 0.5) is 0 Å². The molecule has 2 N–H and O–H groups in total. The van der Waals surface area contributed by atoms with Crippen molar-refractivity contribution in [3.63, 3.8) is 0 Å². The first-order valence-corrected chi connectivity index (χ1v) is 6.39. The second-order valence-corrected chi connectivity index (χ2v) is 4.07. The molecule has 1 rings (SSSR count). The molecule has 0 saturated carbocycles. The van der Waals surface area contributed by atoms with Crippen LogP contribution in [0.2, 0.25) is 0 Å².